The number of hydrogen-bond donors (Lipinski definition) is 2. The highest BCUT2D eigenvalue weighted by atomic mass is 19.4. The molecule has 0 aliphatic carbocycles. The first-order valence-electron chi connectivity index (χ1n) is 8.76. The van der Waals surface area contributed by atoms with E-state index in [1.165, 1.54) is 12.3 Å². The summed E-state index contributed by atoms with van der Waals surface area (Å²) in [6, 6.07) is 8.33. The number of carbonyl (C=O) groups is 1. The Hall–Kier alpha value is -3.10. The van der Waals surface area contributed by atoms with Crippen LogP contribution in [0.3, 0.4) is 0 Å². The van der Waals surface area contributed by atoms with Gasteiger partial charge < -0.3 is 15.2 Å². The van der Waals surface area contributed by atoms with E-state index in [-0.39, 0.29) is 24.3 Å². The number of hydrogen-bond acceptors (Lipinski definition) is 3. The third kappa shape index (κ3) is 4.41. The molecule has 0 radical (unpaired) electrons. The predicted molar refractivity (Wildman–Crippen MR) is 100 cm³/mol. The van der Waals surface area contributed by atoms with Crippen molar-refractivity contribution in [2.24, 2.45) is 0 Å². The van der Waals surface area contributed by atoms with Crippen LogP contribution in [0, 0.1) is 13.8 Å². The molecule has 28 heavy (non-hydrogen) atoms. The molecule has 0 saturated heterocycles. The molecule has 0 spiro atoms. The Labute approximate surface area is 159 Å². The molecule has 2 N–H and O–H groups in total. The van der Waals surface area contributed by atoms with Gasteiger partial charge in [-0.3, -0.25) is 0 Å². The number of nitrogens with one attached hydrogen (secondary N) is 2. The van der Waals surface area contributed by atoms with Crippen LogP contribution in [-0.4, -0.2) is 27.1 Å². The first-order chi connectivity index (χ1) is 13.3. The number of urea groups is 1. The minimum Gasteiger partial charge on any atom is -0.338 e. The van der Waals surface area contributed by atoms with Crippen molar-refractivity contribution in [3.05, 3.63) is 53.5 Å². The molecule has 0 aliphatic rings. The fourth-order valence-electron chi connectivity index (χ4n) is 2.86. The predicted octanol–water partition coefficient (Wildman–Crippen LogP) is 4.28. The van der Waals surface area contributed by atoms with E-state index in [4.69, 9.17) is 0 Å². The number of alkyl halides is 3. The second-order valence-electron chi connectivity index (χ2n) is 6.48. The zero-order valence-corrected chi connectivity index (χ0v) is 15.5. The normalized spacial score (nSPS) is 11.6. The first-order valence-corrected chi connectivity index (χ1v) is 8.76. The zero-order valence-electron chi connectivity index (χ0n) is 15.5. The Morgan fingerprint density at radius 2 is 2.00 bits per heavy atom. The Balaban J connectivity index is 1.61. The fraction of sp³-hybridized carbons (Fsp3) is 0.316. The number of nitrogens with zero attached hydrogens (tertiary/aromatic N) is 3. The molecule has 2 amide bonds. The number of rotatable bonds is 5. The number of anilines is 1. The Kier molecular flexibility index (Phi) is 5.53. The topological polar surface area (TPSA) is 71.8 Å². The molecule has 0 bridgehead atoms. The van der Waals surface area contributed by atoms with Gasteiger partial charge in [0.25, 0.3) is 0 Å². The first kappa shape index (κ1) is 19.7. The third-order valence-electron chi connectivity index (χ3n) is 4.24. The maximum absolute atomic E-state index is 13.2. The standard InChI is InChI=1S/C19H20F3N5O/c1-12-6-7-13(2)15(11-12)26-18(28)24-9-4-10-27-16-14(5-3-8-23-16)25-17(27)19(20,21)22/h3,5-8,11H,4,9-10H2,1-2H3,(H2,24,26,28). The van der Waals surface area contributed by atoms with Gasteiger partial charge in [0.05, 0.1) is 0 Å². The number of benzene rings is 1. The van der Waals surface area contributed by atoms with Crippen LogP contribution in [0.15, 0.2) is 36.5 Å². The zero-order chi connectivity index (χ0) is 20.3. The summed E-state index contributed by atoms with van der Waals surface area (Å²) < 4.78 is 40.8. The van der Waals surface area contributed by atoms with Gasteiger partial charge in [-0.05, 0) is 49.6 Å². The van der Waals surface area contributed by atoms with Crippen molar-refractivity contribution in [1.82, 2.24) is 19.9 Å². The van der Waals surface area contributed by atoms with E-state index in [1.807, 2.05) is 32.0 Å². The van der Waals surface area contributed by atoms with Crippen LogP contribution in [0.1, 0.15) is 23.4 Å². The average Bonchev–Trinajstić information content (AvgIpc) is 3.01. The van der Waals surface area contributed by atoms with Crippen molar-refractivity contribution in [2.75, 3.05) is 11.9 Å². The van der Waals surface area contributed by atoms with E-state index in [0.717, 1.165) is 15.7 Å². The second-order valence-corrected chi connectivity index (χ2v) is 6.48. The summed E-state index contributed by atoms with van der Waals surface area (Å²) in [6.07, 6.45) is -2.85. The largest absolute Gasteiger partial charge is 0.449 e. The minimum atomic E-state index is -4.58. The highest BCUT2D eigenvalue weighted by Crippen LogP contribution is 2.30. The maximum Gasteiger partial charge on any atom is 0.449 e. The lowest BCUT2D eigenvalue weighted by Crippen LogP contribution is -2.30. The van der Waals surface area contributed by atoms with Gasteiger partial charge in [0.2, 0.25) is 5.82 Å². The summed E-state index contributed by atoms with van der Waals surface area (Å²) in [4.78, 5) is 19.7. The lowest BCUT2D eigenvalue weighted by Gasteiger charge is -2.12. The molecule has 2 heterocycles. The summed E-state index contributed by atoms with van der Waals surface area (Å²) in [5.74, 6) is -0.985. The summed E-state index contributed by atoms with van der Waals surface area (Å²) in [6.45, 7) is 4.04. The van der Waals surface area contributed by atoms with Gasteiger partial charge in [-0.1, -0.05) is 12.1 Å². The monoisotopic (exact) mass is 391 g/mol. The SMILES string of the molecule is Cc1ccc(C)c(NC(=O)NCCCn2c(C(F)(F)F)nc3cccnc32)c1. The minimum absolute atomic E-state index is 0.0338. The highest BCUT2D eigenvalue weighted by molar-refractivity contribution is 5.90. The van der Waals surface area contributed by atoms with Gasteiger partial charge in [0.1, 0.15) is 5.52 Å². The molecule has 0 unspecified atom stereocenters. The Morgan fingerprint density at radius 3 is 2.75 bits per heavy atom. The number of imidazole rings is 1. The van der Waals surface area contributed by atoms with Crippen molar-refractivity contribution in [3.63, 3.8) is 0 Å². The molecule has 2 aromatic heterocycles. The van der Waals surface area contributed by atoms with E-state index in [1.54, 1.807) is 6.07 Å². The van der Waals surface area contributed by atoms with Gasteiger partial charge in [0.15, 0.2) is 5.65 Å². The molecule has 1 aromatic carbocycles. The molecule has 0 saturated carbocycles. The van der Waals surface area contributed by atoms with Crippen LogP contribution in [-0.2, 0) is 12.7 Å². The molecular weight excluding hydrogens is 371 g/mol. The van der Waals surface area contributed by atoms with Gasteiger partial charge in [0, 0.05) is 25.0 Å². The number of amides is 2. The van der Waals surface area contributed by atoms with Crippen molar-refractivity contribution in [3.8, 4) is 0 Å². The van der Waals surface area contributed by atoms with Crippen LogP contribution in [0.2, 0.25) is 0 Å². The van der Waals surface area contributed by atoms with E-state index >= 15 is 0 Å². The van der Waals surface area contributed by atoms with Crippen LogP contribution >= 0.6 is 0 Å². The summed E-state index contributed by atoms with van der Waals surface area (Å²) in [5.41, 5.74) is 3.00. The number of carbonyl (C=O) groups excluding carboxylic acids is 1. The molecule has 3 rings (SSSR count). The number of aryl methyl sites for hydroxylation is 3. The van der Waals surface area contributed by atoms with E-state index in [9.17, 15) is 18.0 Å². The van der Waals surface area contributed by atoms with Crippen molar-refractivity contribution < 1.29 is 18.0 Å². The highest BCUT2D eigenvalue weighted by Gasteiger charge is 2.37. The van der Waals surface area contributed by atoms with Crippen LogP contribution in [0.4, 0.5) is 23.7 Å². The van der Waals surface area contributed by atoms with Crippen molar-refractivity contribution in [1.29, 1.82) is 0 Å². The number of pyridine rings is 1. The second kappa shape index (κ2) is 7.87. The Bertz CT molecular complexity index is 997. The van der Waals surface area contributed by atoms with Gasteiger partial charge in [-0.15, -0.1) is 0 Å². The van der Waals surface area contributed by atoms with E-state index in [2.05, 4.69) is 20.6 Å². The molecule has 9 heteroatoms. The lowest BCUT2D eigenvalue weighted by molar-refractivity contribution is -0.147. The van der Waals surface area contributed by atoms with Crippen LogP contribution in [0.5, 0.6) is 0 Å². The van der Waals surface area contributed by atoms with Crippen LogP contribution < -0.4 is 10.6 Å². The molecular formula is C19H20F3N5O. The number of aromatic nitrogens is 3. The average molecular weight is 391 g/mol. The molecule has 6 nitrogen and oxygen atoms in total. The molecule has 0 aliphatic heterocycles. The smallest absolute Gasteiger partial charge is 0.338 e. The van der Waals surface area contributed by atoms with Gasteiger partial charge >= 0.3 is 12.2 Å². The van der Waals surface area contributed by atoms with E-state index in [0.29, 0.717) is 12.1 Å². The molecule has 148 valence electrons. The number of fused-ring (bicyclic) bond motifs is 1. The molecule has 3 aromatic rings. The Morgan fingerprint density at radius 1 is 1.21 bits per heavy atom. The van der Waals surface area contributed by atoms with Crippen molar-refractivity contribution >= 4 is 22.9 Å². The lowest BCUT2D eigenvalue weighted by atomic mass is 10.1. The van der Waals surface area contributed by atoms with E-state index < -0.39 is 18.0 Å². The third-order valence-corrected chi connectivity index (χ3v) is 4.24. The van der Waals surface area contributed by atoms with Crippen molar-refractivity contribution in [2.45, 2.75) is 33.0 Å². The fourth-order valence-corrected chi connectivity index (χ4v) is 2.86. The quantitative estimate of drug-likeness (QED) is 0.638. The van der Waals surface area contributed by atoms with Crippen LogP contribution in [0.25, 0.3) is 11.2 Å². The van der Waals surface area contributed by atoms with Gasteiger partial charge in [-0.2, -0.15) is 13.2 Å². The molecule has 0 fully saturated rings. The maximum atomic E-state index is 13.2. The summed E-state index contributed by atoms with van der Waals surface area (Å²) in [7, 11) is 0. The summed E-state index contributed by atoms with van der Waals surface area (Å²) in [5, 5.41) is 5.41. The molecule has 0 atom stereocenters. The number of halogens is 3. The van der Waals surface area contributed by atoms with Gasteiger partial charge in [-0.25, -0.2) is 14.8 Å². The summed E-state index contributed by atoms with van der Waals surface area (Å²) >= 11 is 0.